The van der Waals surface area contributed by atoms with Crippen molar-refractivity contribution in [3.63, 3.8) is 0 Å². The van der Waals surface area contributed by atoms with Crippen molar-refractivity contribution in [3.8, 4) is 0 Å². The van der Waals surface area contributed by atoms with Crippen LogP contribution in [0.3, 0.4) is 0 Å². The van der Waals surface area contributed by atoms with Gasteiger partial charge in [-0.05, 0) is 94.3 Å². The van der Waals surface area contributed by atoms with Gasteiger partial charge in [0.25, 0.3) is 0 Å². The van der Waals surface area contributed by atoms with Gasteiger partial charge in [0.15, 0.2) is 0 Å². The van der Waals surface area contributed by atoms with E-state index >= 15 is 0 Å². The maximum Gasteiger partial charge on any atom is 0.226 e. The number of furan rings is 1. The second-order valence-corrected chi connectivity index (χ2v) is 9.54. The van der Waals surface area contributed by atoms with E-state index in [1.165, 1.54) is 38.5 Å². The van der Waals surface area contributed by atoms with Crippen molar-refractivity contribution >= 4 is 5.91 Å². The second-order valence-electron chi connectivity index (χ2n) is 9.54. The molecule has 4 nitrogen and oxygen atoms in total. The molecule has 1 N–H and O–H groups in total. The van der Waals surface area contributed by atoms with Gasteiger partial charge >= 0.3 is 0 Å². The molecule has 4 aliphatic carbocycles. The number of nitrogens with zero attached hydrogens (tertiary/aromatic N) is 1. The van der Waals surface area contributed by atoms with Crippen molar-refractivity contribution in [1.29, 1.82) is 0 Å². The highest BCUT2D eigenvalue weighted by atomic mass is 16.3. The van der Waals surface area contributed by atoms with Gasteiger partial charge in [-0.25, -0.2) is 0 Å². The number of rotatable bonds is 5. The van der Waals surface area contributed by atoms with Gasteiger partial charge < -0.3 is 9.73 Å². The topological polar surface area (TPSA) is 45.5 Å². The third kappa shape index (κ3) is 3.00. The minimum absolute atomic E-state index is 0.0512. The summed E-state index contributed by atoms with van der Waals surface area (Å²) in [7, 11) is 0. The second kappa shape index (κ2) is 6.70. The van der Waals surface area contributed by atoms with Gasteiger partial charge in [0.2, 0.25) is 5.91 Å². The minimum Gasteiger partial charge on any atom is -0.468 e. The van der Waals surface area contributed by atoms with E-state index in [1.807, 2.05) is 6.07 Å². The van der Waals surface area contributed by atoms with E-state index < -0.39 is 0 Å². The summed E-state index contributed by atoms with van der Waals surface area (Å²) >= 11 is 0. The highest BCUT2D eigenvalue weighted by Crippen LogP contribution is 2.60. The van der Waals surface area contributed by atoms with Crippen LogP contribution in [0.5, 0.6) is 0 Å². The van der Waals surface area contributed by atoms with E-state index in [0.717, 1.165) is 55.9 Å². The first-order valence-corrected chi connectivity index (χ1v) is 10.8. The molecule has 6 rings (SSSR count). The lowest BCUT2D eigenvalue weighted by atomic mass is 9.49. The maximum atomic E-state index is 13.3. The van der Waals surface area contributed by atoms with Crippen LogP contribution in [0.15, 0.2) is 22.8 Å². The molecule has 1 amide bonds. The number of hydrogen-bond donors (Lipinski definition) is 1. The molecular weight excluding hydrogens is 324 g/mol. The lowest BCUT2D eigenvalue weighted by molar-refractivity contribution is -0.146. The maximum absolute atomic E-state index is 13.3. The van der Waals surface area contributed by atoms with Crippen LogP contribution >= 0.6 is 0 Å². The molecule has 1 aliphatic heterocycles. The molecule has 2 heterocycles. The Kier molecular flexibility index (Phi) is 4.35. The predicted octanol–water partition coefficient (Wildman–Crippen LogP) is 4.14. The largest absolute Gasteiger partial charge is 0.468 e. The Morgan fingerprint density at radius 1 is 1.12 bits per heavy atom. The first kappa shape index (κ1) is 16.9. The molecule has 1 atom stereocenters. The highest BCUT2D eigenvalue weighted by molar-refractivity contribution is 5.83. The molecule has 4 bridgehead atoms. The summed E-state index contributed by atoms with van der Waals surface area (Å²) in [5.74, 6) is 3.78. The summed E-state index contributed by atoms with van der Waals surface area (Å²) in [6.45, 7) is 2.91. The Balaban J connectivity index is 1.28. The van der Waals surface area contributed by atoms with Crippen LogP contribution in [0.2, 0.25) is 0 Å². The Labute approximate surface area is 156 Å². The van der Waals surface area contributed by atoms with Gasteiger partial charge in [-0.2, -0.15) is 0 Å². The van der Waals surface area contributed by atoms with Crippen LogP contribution < -0.4 is 5.32 Å². The van der Waals surface area contributed by atoms with Crippen molar-refractivity contribution in [2.45, 2.75) is 63.8 Å². The number of hydrogen-bond acceptors (Lipinski definition) is 3. The SMILES string of the molecule is O=C(NC[C@@H](c1ccco1)N1CCCCC1)C12CC3CC(CC(C3)C1)C2. The van der Waals surface area contributed by atoms with Crippen LogP contribution in [0, 0.1) is 23.2 Å². The number of nitrogens with one attached hydrogen (secondary N) is 1. The molecule has 1 aromatic heterocycles. The van der Waals surface area contributed by atoms with Gasteiger partial charge in [-0.1, -0.05) is 6.42 Å². The standard InChI is InChI=1S/C22H32N2O2/c25-21(22-12-16-9-17(13-22)11-18(10-16)14-22)23-15-19(20-5-4-8-26-20)24-6-2-1-3-7-24/h4-5,8,16-19H,1-3,6-7,9-15H2,(H,23,25)/t16?,17?,18?,19-,22?/m0/s1. The molecule has 0 aromatic carbocycles. The molecule has 142 valence electrons. The number of carbonyl (C=O) groups is 1. The summed E-state index contributed by atoms with van der Waals surface area (Å²) in [6.07, 6.45) is 13.1. The van der Waals surface area contributed by atoms with Crippen LogP contribution in [0.1, 0.15) is 69.6 Å². The number of likely N-dealkylation sites (tertiary alicyclic amines) is 1. The predicted molar refractivity (Wildman–Crippen MR) is 100 cm³/mol. The monoisotopic (exact) mass is 356 g/mol. The normalized spacial score (nSPS) is 37.6. The van der Waals surface area contributed by atoms with Crippen LogP contribution in [0.25, 0.3) is 0 Å². The molecule has 1 saturated heterocycles. The van der Waals surface area contributed by atoms with Crippen LogP contribution in [0.4, 0.5) is 0 Å². The molecule has 4 saturated carbocycles. The quantitative estimate of drug-likeness (QED) is 0.862. The summed E-state index contributed by atoms with van der Waals surface area (Å²) in [4.78, 5) is 15.8. The fourth-order valence-electron chi connectivity index (χ4n) is 6.89. The summed E-state index contributed by atoms with van der Waals surface area (Å²) in [5.41, 5.74) is -0.0512. The van der Waals surface area contributed by atoms with Crippen molar-refractivity contribution in [2.24, 2.45) is 23.2 Å². The lowest BCUT2D eigenvalue weighted by Crippen LogP contribution is -2.54. The zero-order chi connectivity index (χ0) is 17.6. The van der Waals surface area contributed by atoms with Gasteiger partial charge in [0, 0.05) is 12.0 Å². The van der Waals surface area contributed by atoms with E-state index in [4.69, 9.17) is 4.42 Å². The first-order valence-electron chi connectivity index (χ1n) is 10.8. The average molecular weight is 357 g/mol. The van der Waals surface area contributed by atoms with Crippen molar-refractivity contribution < 1.29 is 9.21 Å². The molecule has 0 unspecified atom stereocenters. The molecule has 0 spiro atoms. The van der Waals surface area contributed by atoms with Crippen molar-refractivity contribution in [2.75, 3.05) is 19.6 Å². The Morgan fingerprint density at radius 3 is 2.35 bits per heavy atom. The fraction of sp³-hybridized carbons (Fsp3) is 0.773. The molecule has 26 heavy (non-hydrogen) atoms. The van der Waals surface area contributed by atoms with Crippen LogP contribution in [-0.2, 0) is 4.79 Å². The van der Waals surface area contributed by atoms with Gasteiger partial charge in [0.1, 0.15) is 5.76 Å². The van der Waals surface area contributed by atoms with Gasteiger partial charge in [0.05, 0.1) is 12.3 Å². The average Bonchev–Trinajstić information content (AvgIpc) is 3.16. The van der Waals surface area contributed by atoms with E-state index in [9.17, 15) is 4.79 Å². The zero-order valence-electron chi connectivity index (χ0n) is 15.8. The lowest BCUT2D eigenvalue weighted by Gasteiger charge is -2.55. The number of piperidine rings is 1. The van der Waals surface area contributed by atoms with Crippen LogP contribution in [-0.4, -0.2) is 30.4 Å². The first-order chi connectivity index (χ1) is 12.7. The number of carbonyl (C=O) groups excluding carboxylic acids is 1. The van der Waals surface area contributed by atoms with Gasteiger partial charge in [-0.15, -0.1) is 0 Å². The zero-order valence-corrected chi connectivity index (χ0v) is 15.8. The summed E-state index contributed by atoms with van der Waals surface area (Å²) < 4.78 is 5.74. The third-order valence-corrected chi connectivity index (χ3v) is 7.68. The smallest absolute Gasteiger partial charge is 0.226 e. The highest BCUT2D eigenvalue weighted by Gasteiger charge is 2.54. The van der Waals surface area contributed by atoms with E-state index in [2.05, 4.69) is 16.3 Å². The molecule has 5 aliphatic rings. The molecule has 5 fully saturated rings. The number of amides is 1. The molecule has 1 aromatic rings. The van der Waals surface area contributed by atoms with E-state index in [-0.39, 0.29) is 11.5 Å². The molecular formula is C22H32N2O2. The fourth-order valence-corrected chi connectivity index (χ4v) is 6.89. The third-order valence-electron chi connectivity index (χ3n) is 7.68. The minimum atomic E-state index is -0.0512. The van der Waals surface area contributed by atoms with Crippen molar-refractivity contribution in [3.05, 3.63) is 24.2 Å². The van der Waals surface area contributed by atoms with E-state index in [0.29, 0.717) is 12.5 Å². The molecule has 0 radical (unpaired) electrons. The molecule has 4 heteroatoms. The van der Waals surface area contributed by atoms with Gasteiger partial charge in [-0.3, -0.25) is 9.69 Å². The Hall–Kier alpha value is -1.29. The van der Waals surface area contributed by atoms with Crippen molar-refractivity contribution in [1.82, 2.24) is 10.2 Å². The Bertz CT molecular complexity index is 597. The van der Waals surface area contributed by atoms with E-state index in [1.54, 1.807) is 6.26 Å². The Morgan fingerprint density at radius 2 is 1.77 bits per heavy atom. The summed E-state index contributed by atoms with van der Waals surface area (Å²) in [5, 5.41) is 3.38. The summed E-state index contributed by atoms with van der Waals surface area (Å²) in [6, 6.07) is 4.21.